The van der Waals surface area contributed by atoms with E-state index >= 15 is 0 Å². The fourth-order valence-corrected chi connectivity index (χ4v) is 10.5. The summed E-state index contributed by atoms with van der Waals surface area (Å²) >= 11 is 13.7. The van der Waals surface area contributed by atoms with Crippen LogP contribution in [0.1, 0.15) is 87.7 Å². The van der Waals surface area contributed by atoms with Crippen molar-refractivity contribution in [2.45, 2.75) is 109 Å². The Balaban J connectivity index is 0.765. The Labute approximate surface area is 393 Å². The summed E-state index contributed by atoms with van der Waals surface area (Å²) in [7, 11) is 1.51. The van der Waals surface area contributed by atoms with E-state index in [2.05, 4.69) is 42.6 Å². The molecule has 1 saturated carbocycles. The Kier molecular flexibility index (Phi) is 13.2. The molecule has 2 aromatic heterocycles. The number of imide groups is 1. The van der Waals surface area contributed by atoms with E-state index in [4.69, 9.17) is 37.7 Å². The normalized spacial score (nSPS) is 22.7. The fraction of sp³-hybridized carbons (Fsp3) is 0.511. The summed E-state index contributed by atoms with van der Waals surface area (Å²) < 4.78 is 13.9. The number of benzene rings is 2. The number of halogens is 2. The van der Waals surface area contributed by atoms with Gasteiger partial charge in [-0.2, -0.15) is 4.98 Å². The Hall–Kier alpha value is -5.49. The molecule has 2 aromatic carbocycles. The van der Waals surface area contributed by atoms with Gasteiger partial charge in [-0.1, -0.05) is 30.1 Å². The topological polar surface area (TPSA) is 184 Å². The molecule has 3 saturated heterocycles. The molecule has 66 heavy (non-hydrogen) atoms. The number of aromatic nitrogens is 3. The first-order valence-electron chi connectivity index (χ1n) is 23.0. The van der Waals surface area contributed by atoms with Gasteiger partial charge in [-0.25, -0.2) is 4.98 Å². The minimum atomic E-state index is -0.681. The van der Waals surface area contributed by atoms with Gasteiger partial charge in [0.05, 0.1) is 34.6 Å². The summed E-state index contributed by atoms with van der Waals surface area (Å²) in [6.07, 6.45) is 7.16. The highest BCUT2D eigenvalue weighted by atomic mass is 35.5. The molecule has 1 aliphatic carbocycles. The van der Waals surface area contributed by atoms with Crippen molar-refractivity contribution in [1.82, 2.24) is 35.0 Å². The van der Waals surface area contributed by atoms with E-state index in [-0.39, 0.29) is 72.9 Å². The largest absolute Gasteiger partial charge is 0.478 e. The Morgan fingerprint density at radius 2 is 1.76 bits per heavy atom. The van der Waals surface area contributed by atoms with Gasteiger partial charge in [-0.15, -0.1) is 0 Å². The van der Waals surface area contributed by atoms with E-state index in [0.717, 1.165) is 87.0 Å². The number of pyridine rings is 1. The van der Waals surface area contributed by atoms with Crippen LogP contribution in [0.25, 0.3) is 10.9 Å². The van der Waals surface area contributed by atoms with E-state index in [1.807, 2.05) is 44.2 Å². The van der Waals surface area contributed by atoms with Gasteiger partial charge in [0.25, 0.3) is 17.4 Å². The second-order valence-corrected chi connectivity index (χ2v) is 18.9. The van der Waals surface area contributed by atoms with Gasteiger partial charge in [0.1, 0.15) is 11.1 Å². The SMILES string of the molecule is CC[C@H]1CN(C2CC(OC3CCN(c4ncc(Cl)c(Nc5ccc6c(c5)cc(OCC(=O)NC)c(=O)n6C(C)C)n4)CC3)C2)CCN1c1ccc2c(c1Cl)CN(C1CCC(=O)NC1=O)C2=O. The average Bonchev–Trinajstić information content (AvgIpc) is 3.63. The molecule has 4 amide bonds. The molecule has 5 aliphatic rings. The average molecular weight is 944 g/mol. The van der Waals surface area contributed by atoms with E-state index in [1.165, 1.54) is 7.05 Å². The van der Waals surface area contributed by atoms with Crippen molar-refractivity contribution in [1.29, 1.82) is 0 Å². The van der Waals surface area contributed by atoms with Crippen molar-refractivity contribution in [2.75, 3.05) is 61.5 Å². The third-order valence-electron chi connectivity index (χ3n) is 13.8. The third kappa shape index (κ3) is 9.02. The minimum absolute atomic E-state index is 0.0905. The van der Waals surface area contributed by atoms with Crippen LogP contribution in [0.2, 0.25) is 10.0 Å². The molecule has 0 spiro atoms. The maximum Gasteiger partial charge on any atom is 0.293 e. The molecule has 3 N–H and O–H groups in total. The predicted molar refractivity (Wildman–Crippen MR) is 252 cm³/mol. The van der Waals surface area contributed by atoms with Crippen LogP contribution in [0.4, 0.5) is 23.1 Å². The van der Waals surface area contributed by atoms with Crippen LogP contribution in [0, 0.1) is 0 Å². The number of rotatable bonds is 13. The molecule has 4 fully saturated rings. The summed E-state index contributed by atoms with van der Waals surface area (Å²) in [5, 5.41) is 9.90. The second kappa shape index (κ2) is 19.0. The van der Waals surface area contributed by atoms with Gasteiger partial charge < -0.3 is 39.4 Å². The van der Waals surface area contributed by atoms with E-state index < -0.39 is 11.9 Å². The molecule has 17 nitrogen and oxygen atoms in total. The highest BCUT2D eigenvalue weighted by molar-refractivity contribution is 6.35. The second-order valence-electron chi connectivity index (χ2n) is 18.1. The lowest BCUT2D eigenvalue weighted by atomic mass is 9.86. The molecule has 1 unspecified atom stereocenters. The summed E-state index contributed by atoms with van der Waals surface area (Å²) in [4.78, 5) is 80.9. The van der Waals surface area contributed by atoms with Gasteiger partial charge in [-0.05, 0) is 88.8 Å². The number of carbonyl (C=O) groups excluding carboxylic acids is 4. The standard InChI is InChI=1S/C47H56Cl2N10O7/c1-5-29-23-56(16-17-57(29)37-9-7-33-34(42(37)49)24-58(45(33)63)38-10-11-40(60)53-44(38)62)30-20-32(21-30)66-31-12-14-55(15-13-31)47-51-22-35(48)43(54-47)52-28-6-8-36-27(18-28)19-39(65-25-41(61)50-4)46(64)59(36)26(2)3/h6-9,18-19,22,26,29-32,38H,5,10-17,20-21,23-25H2,1-4H3,(H,50,61)(H,51,52,54)(H,53,60,62)/t29-,30?,32?,38?/m0/s1. The molecule has 19 heteroatoms. The van der Waals surface area contributed by atoms with E-state index in [9.17, 15) is 24.0 Å². The number of nitrogens with one attached hydrogen (secondary N) is 3. The lowest BCUT2D eigenvalue weighted by Crippen LogP contribution is -2.59. The van der Waals surface area contributed by atoms with Gasteiger partial charge in [0.2, 0.25) is 17.8 Å². The van der Waals surface area contributed by atoms with E-state index in [1.54, 1.807) is 21.7 Å². The Bertz CT molecular complexity index is 2610. The van der Waals surface area contributed by atoms with Crippen LogP contribution in [0.3, 0.4) is 0 Å². The lowest BCUT2D eigenvalue weighted by Gasteiger charge is -2.50. The number of hydrogen-bond donors (Lipinski definition) is 3. The molecule has 9 rings (SSSR count). The van der Waals surface area contributed by atoms with Crippen molar-refractivity contribution in [2.24, 2.45) is 0 Å². The summed E-state index contributed by atoms with van der Waals surface area (Å²) in [5.74, 6) is -0.163. The van der Waals surface area contributed by atoms with E-state index in [0.29, 0.717) is 45.5 Å². The maximum absolute atomic E-state index is 13.4. The zero-order valence-electron chi connectivity index (χ0n) is 37.6. The number of nitrogens with zero attached hydrogens (tertiary/aromatic N) is 7. The van der Waals surface area contributed by atoms with Crippen molar-refractivity contribution in [3.63, 3.8) is 0 Å². The highest BCUT2D eigenvalue weighted by Gasteiger charge is 2.43. The third-order valence-corrected chi connectivity index (χ3v) is 14.5. The smallest absolute Gasteiger partial charge is 0.293 e. The maximum atomic E-state index is 13.4. The summed E-state index contributed by atoms with van der Waals surface area (Å²) in [6, 6.07) is 11.0. The van der Waals surface area contributed by atoms with Crippen LogP contribution < -0.4 is 36.0 Å². The van der Waals surface area contributed by atoms with Crippen molar-refractivity contribution >= 4 is 80.9 Å². The summed E-state index contributed by atoms with van der Waals surface area (Å²) in [6.45, 7) is 10.2. The molecule has 0 radical (unpaired) electrons. The quantitative estimate of drug-likeness (QED) is 0.145. The minimum Gasteiger partial charge on any atom is -0.478 e. The molecular formula is C47H56Cl2N10O7. The van der Waals surface area contributed by atoms with Crippen LogP contribution in [0.15, 0.2) is 47.4 Å². The molecular weight excluding hydrogens is 887 g/mol. The summed E-state index contributed by atoms with van der Waals surface area (Å²) in [5.41, 5.74) is 3.33. The number of carbonyl (C=O) groups is 4. The molecule has 350 valence electrons. The number of anilines is 4. The number of ether oxygens (including phenoxy) is 2. The van der Waals surface area contributed by atoms with Gasteiger partial charge >= 0.3 is 0 Å². The zero-order valence-corrected chi connectivity index (χ0v) is 39.2. The van der Waals surface area contributed by atoms with Crippen LogP contribution in [0.5, 0.6) is 5.75 Å². The molecule has 4 aromatic rings. The number of amides is 4. The Morgan fingerprint density at radius 1 is 0.970 bits per heavy atom. The van der Waals surface area contributed by atoms with Gasteiger partial charge in [0.15, 0.2) is 18.2 Å². The first kappa shape index (κ1) is 45.7. The van der Waals surface area contributed by atoms with Crippen LogP contribution in [-0.2, 0) is 25.7 Å². The number of piperidine rings is 2. The van der Waals surface area contributed by atoms with Crippen LogP contribution >= 0.6 is 23.2 Å². The lowest BCUT2D eigenvalue weighted by molar-refractivity contribution is -0.137. The molecule has 6 heterocycles. The van der Waals surface area contributed by atoms with Gasteiger partial charge in [-0.3, -0.25) is 34.2 Å². The molecule has 4 aliphatic heterocycles. The van der Waals surface area contributed by atoms with Crippen LogP contribution in [-0.4, -0.2) is 125 Å². The number of likely N-dealkylation sites (N-methyl/N-ethyl adjacent to an activating group) is 1. The molecule has 2 atom stereocenters. The van der Waals surface area contributed by atoms with Crippen molar-refractivity contribution in [3.8, 4) is 5.75 Å². The first-order chi connectivity index (χ1) is 31.8. The van der Waals surface area contributed by atoms with Crippen molar-refractivity contribution < 1.29 is 28.7 Å². The van der Waals surface area contributed by atoms with Crippen molar-refractivity contribution in [3.05, 3.63) is 74.1 Å². The zero-order chi connectivity index (χ0) is 46.4. The monoisotopic (exact) mass is 942 g/mol. The fourth-order valence-electron chi connectivity index (χ4n) is 10.1. The number of piperazine rings is 1. The molecule has 0 bridgehead atoms. The Morgan fingerprint density at radius 3 is 2.48 bits per heavy atom. The predicted octanol–water partition coefficient (Wildman–Crippen LogP) is 5.43. The highest BCUT2D eigenvalue weighted by Crippen LogP contribution is 2.41. The number of fused-ring (bicyclic) bond motifs is 2. The van der Waals surface area contributed by atoms with Gasteiger partial charge in [0, 0.05) is 93.1 Å². The first-order valence-corrected chi connectivity index (χ1v) is 23.7. The number of hydrogen-bond acceptors (Lipinski definition) is 13.